The van der Waals surface area contributed by atoms with Gasteiger partial charge in [0.05, 0.1) is 16.6 Å². The molecule has 85 heavy (non-hydrogen) atoms. The Morgan fingerprint density at radius 2 is 1.31 bits per heavy atom. The van der Waals surface area contributed by atoms with Crippen molar-refractivity contribution in [1.82, 2.24) is 9.88 Å². The number of fused-ring (bicyclic) bond motifs is 8. The van der Waals surface area contributed by atoms with Crippen molar-refractivity contribution < 1.29 is 4.74 Å². The Morgan fingerprint density at radius 1 is 0.647 bits per heavy atom. The third kappa shape index (κ3) is 11.6. The highest BCUT2D eigenvalue weighted by molar-refractivity contribution is 6.16. The minimum absolute atomic E-state index is 0. The van der Waals surface area contributed by atoms with Gasteiger partial charge in [-0.2, -0.15) is 0 Å². The van der Waals surface area contributed by atoms with Crippen molar-refractivity contribution in [2.75, 3.05) is 0 Å². The van der Waals surface area contributed by atoms with Crippen LogP contribution in [0.15, 0.2) is 259 Å². The van der Waals surface area contributed by atoms with Gasteiger partial charge in [0.25, 0.3) is 0 Å². The van der Waals surface area contributed by atoms with Crippen LogP contribution in [0, 0.1) is 20.8 Å². The van der Waals surface area contributed by atoms with Gasteiger partial charge in [-0.15, -0.1) is 0 Å². The van der Waals surface area contributed by atoms with Crippen LogP contribution in [-0.2, 0) is 5.41 Å². The normalized spacial score (nSPS) is 15.4. The molecule has 2 unspecified atom stereocenters. The van der Waals surface area contributed by atoms with Crippen LogP contribution in [0.5, 0.6) is 11.5 Å². The monoisotopic (exact) mass is 1110 g/mol. The van der Waals surface area contributed by atoms with Gasteiger partial charge >= 0.3 is 0 Å². The number of hydrogen-bond donors (Lipinski definition) is 1. The minimum atomic E-state index is -0.384. The van der Waals surface area contributed by atoms with Gasteiger partial charge in [0.2, 0.25) is 0 Å². The summed E-state index contributed by atoms with van der Waals surface area (Å²) in [6, 6.07) is 64.3. The molecule has 9 aromatic rings. The number of benzene rings is 8. The molecule has 1 spiro atoms. The number of nitrogens with one attached hydrogen (secondary N) is 1. The predicted octanol–water partition coefficient (Wildman–Crippen LogP) is 21.9. The molecule has 3 aliphatic rings. The number of rotatable bonds is 13. The van der Waals surface area contributed by atoms with Crippen LogP contribution in [0.4, 0.5) is 0 Å². The fourth-order valence-corrected chi connectivity index (χ4v) is 12.0. The summed E-state index contributed by atoms with van der Waals surface area (Å²) in [7, 11) is 0. The summed E-state index contributed by atoms with van der Waals surface area (Å²) >= 11 is 0. The van der Waals surface area contributed by atoms with E-state index in [1.807, 2.05) is 95.3 Å². The highest BCUT2D eigenvalue weighted by Gasteiger charge is 2.52. The molecule has 2 heterocycles. The average Bonchev–Trinajstić information content (AvgIpc) is 1.61. The first-order valence-corrected chi connectivity index (χ1v) is 29.6. The van der Waals surface area contributed by atoms with Crippen LogP contribution in [0.2, 0.25) is 0 Å². The lowest BCUT2D eigenvalue weighted by molar-refractivity contribution is 0.473. The number of nitrogens with zero attached hydrogens (tertiary/aromatic N) is 3. The Kier molecular flexibility index (Phi) is 20.0. The van der Waals surface area contributed by atoms with Crippen molar-refractivity contribution in [1.29, 1.82) is 0 Å². The summed E-state index contributed by atoms with van der Waals surface area (Å²) < 4.78 is 8.81. The van der Waals surface area contributed by atoms with Gasteiger partial charge < -0.3 is 14.6 Å². The van der Waals surface area contributed by atoms with Crippen LogP contribution in [0.25, 0.3) is 56.6 Å². The van der Waals surface area contributed by atoms with Crippen LogP contribution in [0.1, 0.15) is 130 Å². The molecule has 5 heteroatoms. The highest BCUT2D eigenvalue weighted by atomic mass is 16.5. The zero-order valence-electron chi connectivity index (χ0n) is 50.6. The second-order valence-electron chi connectivity index (χ2n) is 20.6. The number of aryl methyl sites for hydroxylation is 2. The molecule has 0 saturated carbocycles. The first kappa shape index (κ1) is 61.5. The van der Waals surface area contributed by atoms with Gasteiger partial charge in [-0.25, -0.2) is 9.98 Å². The smallest absolute Gasteiger partial charge is 0.169 e. The SMILES string of the molecule is C.C=C/C(=C\C=C/C)C1=NC(c2ccc(-c3ccc(-n4c(C=C)c(C=C)c5ccccc54)cc3)cc2)N=C(c2ccccc2)N1.CC.CC.CC/C=C\C1=C(C)C2(c3ccccc31)c1cc(C)ccc1-c1ccc(Oc3ccccc3C)c(C)c12. The lowest BCUT2D eigenvalue weighted by Gasteiger charge is -2.33. The first-order chi connectivity index (χ1) is 41.1. The van der Waals surface area contributed by atoms with E-state index in [1.54, 1.807) is 0 Å². The summed E-state index contributed by atoms with van der Waals surface area (Å²) in [5, 5.41) is 4.59. The molecule has 8 aromatic carbocycles. The molecule has 0 radical (unpaired) electrons. The Balaban J connectivity index is 0.000000210. The summed E-state index contributed by atoms with van der Waals surface area (Å²) in [6.45, 7) is 33.2. The van der Waals surface area contributed by atoms with Crippen LogP contribution >= 0.6 is 0 Å². The zero-order valence-corrected chi connectivity index (χ0v) is 50.6. The first-order valence-electron chi connectivity index (χ1n) is 29.6. The molecule has 12 rings (SSSR count). The average molecular weight is 1120 g/mol. The Hall–Kier alpha value is -9.58. The standard InChI is InChI=1S/C40H34N4.C35H32O.2C2H6.CH4/c1-5-9-15-28(6-2)38-41-39(31-16-11-10-12-17-31)43-40(42-38)32-22-20-29(21-23-32)30-24-26-33(27-25-30)44-36(8-4)34(7-3)35-18-13-14-19-37(35)44;1-6-7-13-26-25(5)35(30-15-10-9-14-27(26)30)31-21-22(2)17-18-28(31)29-19-20-33(24(4)34(29)35)36-32-16-11-8-12-23(32)3;2*1-2;/h5-27,40H,2-4H2,1H3,(H,41,42,43);7-21H,6H2,1-5H3;2*1-2H3;1H4/b9-5-,28-15+;13-7-;;;. The Labute approximate surface area is 507 Å². The largest absolute Gasteiger partial charge is 0.457 e. The molecule has 0 saturated heterocycles. The molecule has 0 bridgehead atoms. The van der Waals surface area contributed by atoms with Gasteiger partial charge in [-0.05, 0) is 150 Å². The molecule has 1 N–H and O–H groups in total. The molecule has 2 atom stereocenters. The molecule has 2 aliphatic carbocycles. The number of para-hydroxylation sites is 2. The predicted molar refractivity (Wildman–Crippen MR) is 369 cm³/mol. The molecule has 1 aliphatic heterocycles. The van der Waals surface area contributed by atoms with Crippen molar-refractivity contribution >= 4 is 40.3 Å². The third-order valence-electron chi connectivity index (χ3n) is 15.8. The van der Waals surface area contributed by atoms with E-state index >= 15 is 0 Å². The van der Waals surface area contributed by atoms with E-state index in [0.717, 1.165) is 90.8 Å². The number of aliphatic imine (C=N–C) groups is 2. The van der Waals surface area contributed by atoms with Crippen LogP contribution in [0.3, 0.4) is 0 Å². The highest BCUT2D eigenvalue weighted by Crippen LogP contribution is 2.63. The molecule has 0 amide bonds. The molecule has 5 nitrogen and oxygen atoms in total. The van der Waals surface area contributed by atoms with E-state index in [1.165, 1.54) is 55.7 Å². The fourth-order valence-electron chi connectivity index (χ4n) is 12.0. The van der Waals surface area contributed by atoms with Crippen molar-refractivity contribution in [3.8, 4) is 39.4 Å². The van der Waals surface area contributed by atoms with Gasteiger partial charge in [-0.1, -0.05) is 262 Å². The maximum atomic E-state index is 6.58. The lowest BCUT2D eigenvalue weighted by Crippen LogP contribution is -2.36. The zero-order chi connectivity index (χ0) is 59.5. The second kappa shape index (κ2) is 27.7. The van der Waals surface area contributed by atoms with Crippen molar-refractivity contribution in [3.63, 3.8) is 0 Å². The maximum Gasteiger partial charge on any atom is 0.169 e. The fraction of sp³-hybridized carbons (Fsp3) is 0.175. The lowest BCUT2D eigenvalue weighted by atomic mass is 9.68. The van der Waals surface area contributed by atoms with Crippen molar-refractivity contribution in [3.05, 3.63) is 311 Å². The van der Waals surface area contributed by atoms with Crippen LogP contribution in [-0.4, -0.2) is 16.2 Å². The number of allylic oxidation sites excluding steroid dienone is 7. The van der Waals surface area contributed by atoms with E-state index in [9.17, 15) is 0 Å². The van der Waals surface area contributed by atoms with Gasteiger partial charge in [0.15, 0.2) is 6.17 Å². The molecular formula is C80H82N4O. The number of ether oxygens (including phenoxy) is 1. The molecule has 1 aromatic heterocycles. The molecular weight excluding hydrogens is 1030 g/mol. The van der Waals surface area contributed by atoms with Gasteiger partial charge in [0.1, 0.15) is 23.2 Å². The van der Waals surface area contributed by atoms with E-state index in [0.29, 0.717) is 0 Å². The molecule has 0 fully saturated rings. The van der Waals surface area contributed by atoms with E-state index in [4.69, 9.17) is 14.7 Å². The molecule has 428 valence electrons. The van der Waals surface area contributed by atoms with E-state index in [2.05, 4.69) is 234 Å². The van der Waals surface area contributed by atoms with E-state index < -0.39 is 0 Å². The quantitative estimate of drug-likeness (QED) is 0.117. The third-order valence-corrected chi connectivity index (χ3v) is 15.8. The van der Waals surface area contributed by atoms with Gasteiger partial charge in [0, 0.05) is 27.8 Å². The topological polar surface area (TPSA) is 50.9 Å². The summed E-state index contributed by atoms with van der Waals surface area (Å²) in [6.07, 6.45) is 16.9. The van der Waals surface area contributed by atoms with Crippen molar-refractivity contribution in [2.45, 2.75) is 94.7 Å². The number of amidine groups is 2. The summed E-state index contributed by atoms with van der Waals surface area (Å²) in [4.78, 5) is 9.96. The van der Waals surface area contributed by atoms with Crippen LogP contribution < -0.4 is 10.1 Å². The van der Waals surface area contributed by atoms with Gasteiger partial charge in [-0.3, -0.25) is 0 Å². The Morgan fingerprint density at radius 3 is 1.99 bits per heavy atom. The minimum Gasteiger partial charge on any atom is -0.457 e. The Bertz CT molecular complexity index is 4080. The van der Waals surface area contributed by atoms with Crippen molar-refractivity contribution in [2.24, 2.45) is 9.98 Å². The summed E-state index contributed by atoms with van der Waals surface area (Å²) in [5.41, 5.74) is 23.7. The number of hydrogen-bond acceptors (Lipinski definition) is 4. The van der Waals surface area contributed by atoms with E-state index in [-0.39, 0.29) is 19.0 Å². The second-order valence-corrected chi connectivity index (χ2v) is 20.6. The number of aromatic nitrogens is 1. The maximum absolute atomic E-state index is 6.58. The summed E-state index contributed by atoms with van der Waals surface area (Å²) in [5.74, 6) is 3.36.